The molecule has 2 saturated heterocycles. The second-order valence-corrected chi connectivity index (χ2v) is 12.0. The van der Waals surface area contributed by atoms with E-state index in [1.165, 1.54) is 4.31 Å². The molecule has 1 unspecified atom stereocenters. The minimum Gasteiger partial charge on any atom is -0.379 e. The van der Waals surface area contributed by atoms with Crippen LogP contribution in [0.2, 0.25) is 0 Å². The van der Waals surface area contributed by atoms with Gasteiger partial charge in [0.05, 0.1) is 30.2 Å². The Hall–Kier alpha value is -2.38. The Morgan fingerprint density at radius 3 is 2.36 bits per heavy atom. The summed E-state index contributed by atoms with van der Waals surface area (Å²) in [4.78, 5) is 29.9. The zero-order valence-electron chi connectivity index (χ0n) is 19.5. The molecule has 2 aliphatic heterocycles. The van der Waals surface area contributed by atoms with E-state index in [9.17, 15) is 18.0 Å². The zero-order chi connectivity index (χ0) is 25.3. The van der Waals surface area contributed by atoms with Crippen LogP contribution in [0.3, 0.4) is 0 Å². The fourth-order valence-corrected chi connectivity index (χ4v) is 6.64. The molecule has 188 valence electrons. The van der Waals surface area contributed by atoms with Crippen LogP contribution >= 0.6 is 22.6 Å². The molecule has 0 bridgehead atoms. The first-order valence-corrected chi connectivity index (χ1v) is 14.3. The average Bonchev–Trinajstić information content (AvgIpc) is 3.18. The van der Waals surface area contributed by atoms with Crippen molar-refractivity contribution in [1.29, 1.82) is 0 Å². The van der Waals surface area contributed by atoms with E-state index in [1.54, 1.807) is 30.3 Å². The van der Waals surface area contributed by atoms with Gasteiger partial charge in [-0.15, -0.1) is 0 Å². The number of morpholine rings is 1. The standard InChI is InChI=1S/C26H26IN3O5S/c27-21-6-8-22(9-7-21)30-25(31)18-24(26(30)32)29(12-11-28-13-15-35-16-14-28)36(33,34)23-10-5-19-3-1-2-4-20(19)17-23/h1-10,17,24H,11-16,18H2. The van der Waals surface area contributed by atoms with Crippen LogP contribution in [0.4, 0.5) is 5.69 Å². The molecule has 0 radical (unpaired) electrons. The second kappa shape index (κ2) is 10.5. The van der Waals surface area contributed by atoms with Crippen LogP contribution in [0.1, 0.15) is 6.42 Å². The molecule has 36 heavy (non-hydrogen) atoms. The Morgan fingerprint density at radius 1 is 0.944 bits per heavy atom. The maximum absolute atomic E-state index is 14.0. The van der Waals surface area contributed by atoms with E-state index in [1.807, 2.05) is 36.4 Å². The van der Waals surface area contributed by atoms with Crippen LogP contribution in [0.25, 0.3) is 10.8 Å². The lowest BCUT2D eigenvalue weighted by Gasteiger charge is -2.31. The first kappa shape index (κ1) is 25.3. The largest absolute Gasteiger partial charge is 0.379 e. The van der Waals surface area contributed by atoms with Gasteiger partial charge in [0.1, 0.15) is 6.04 Å². The summed E-state index contributed by atoms with van der Waals surface area (Å²) in [5.41, 5.74) is 0.448. The number of carbonyl (C=O) groups excluding carboxylic acids is 2. The van der Waals surface area contributed by atoms with Crippen LogP contribution in [-0.2, 0) is 24.3 Å². The molecule has 0 N–H and O–H groups in total. The smallest absolute Gasteiger partial charge is 0.252 e. The Balaban J connectivity index is 1.49. The molecule has 2 aliphatic rings. The van der Waals surface area contributed by atoms with Crippen molar-refractivity contribution in [2.45, 2.75) is 17.4 Å². The summed E-state index contributed by atoms with van der Waals surface area (Å²) in [5, 5.41) is 1.72. The quantitative estimate of drug-likeness (QED) is 0.299. The van der Waals surface area contributed by atoms with E-state index in [0.29, 0.717) is 38.5 Å². The highest BCUT2D eigenvalue weighted by molar-refractivity contribution is 14.1. The first-order chi connectivity index (χ1) is 17.3. The molecular weight excluding hydrogens is 593 g/mol. The van der Waals surface area contributed by atoms with Gasteiger partial charge in [-0.25, -0.2) is 13.3 Å². The molecule has 0 saturated carbocycles. The number of hydrogen-bond acceptors (Lipinski definition) is 6. The molecule has 0 aliphatic carbocycles. The summed E-state index contributed by atoms with van der Waals surface area (Å²) in [6.45, 7) is 3.08. The van der Waals surface area contributed by atoms with E-state index < -0.39 is 27.9 Å². The third kappa shape index (κ3) is 5.05. The van der Waals surface area contributed by atoms with Gasteiger partial charge in [-0.05, 0) is 69.8 Å². The lowest BCUT2D eigenvalue weighted by atomic mass is 10.1. The fraction of sp³-hybridized carbons (Fsp3) is 0.308. The van der Waals surface area contributed by atoms with Crippen LogP contribution in [0.15, 0.2) is 71.6 Å². The van der Waals surface area contributed by atoms with E-state index in [4.69, 9.17) is 4.74 Å². The van der Waals surface area contributed by atoms with Gasteiger partial charge in [-0.1, -0.05) is 30.3 Å². The van der Waals surface area contributed by atoms with Gasteiger partial charge in [0, 0.05) is 29.7 Å². The Bertz CT molecular complexity index is 1390. The van der Waals surface area contributed by atoms with Crippen molar-refractivity contribution >= 4 is 60.9 Å². The minimum atomic E-state index is -4.07. The number of hydrogen-bond donors (Lipinski definition) is 0. The molecule has 5 rings (SSSR count). The van der Waals surface area contributed by atoms with Crippen LogP contribution in [0.5, 0.6) is 0 Å². The topological polar surface area (TPSA) is 87.2 Å². The van der Waals surface area contributed by atoms with Gasteiger partial charge in [0.2, 0.25) is 15.9 Å². The predicted octanol–water partition coefficient (Wildman–Crippen LogP) is 3.10. The summed E-state index contributed by atoms with van der Waals surface area (Å²) in [6.07, 6.45) is -0.194. The molecular formula is C26H26IN3O5S. The highest BCUT2D eigenvalue weighted by Gasteiger charge is 2.47. The molecule has 2 amide bonds. The Kier molecular flexibility index (Phi) is 7.40. The normalized spacial score (nSPS) is 19.5. The number of amides is 2. The Morgan fingerprint density at radius 2 is 1.64 bits per heavy atom. The highest BCUT2D eigenvalue weighted by atomic mass is 127. The monoisotopic (exact) mass is 619 g/mol. The molecule has 0 spiro atoms. The molecule has 1 atom stereocenters. The van der Waals surface area contributed by atoms with Crippen molar-refractivity contribution < 1.29 is 22.7 Å². The number of anilines is 1. The van der Waals surface area contributed by atoms with Gasteiger partial charge in [-0.2, -0.15) is 4.31 Å². The number of benzene rings is 3. The van der Waals surface area contributed by atoms with Crippen LogP contribution < -0.4 is 4.90 Å². The van der Waals surface area contributed by atoms with Crippen molar-refractivity contribution in [1.82, 2.24) is 9.21 Å². The number of halogens is 1. The van der Waals surface area contributed by atoms with Crippen LogP contribution in [0, 0.1) is 3.57 Å². The van der Waals surface area contributed by atoms with Crippen molar-refractivity contribution in [3.05, 3.63) is 70.3 Å². The molecule has 2 fully saturated rings. The van der Waals surface area contributed by atoms with Gasteiger partial charge < -0.3 is 4.74 Å². The molecule has 0 aromatic heterocycles. The van der Waals surface area contributed by atoms with Gasteiger partial charge in [-0.3, -0.25) is 14.5 Å². The fourth-order valence-electron chi connectivity index (χ4n) is 4.67. The minimum absolute atomic E-state index is 0.0966. The zero-order valence-corrected chi connectivity index (χ0v) is 22.5. The highest BCUT2D eigenvalue weighted by Crippen LogP contribution is 2.30. The summed E-state index contributed by atoms with van der Waals surface area (Å²) >= 11 is 2.15. The van der Waals surface area contributed by atoms with E-state index in [0.717, 1.165) is 19.2 Å². The SMILES string of the molecule is O=C1CC(N(CCN2CCOCC2)S(=O)(=O)c2ccc3ccccc3c2)C(=O)N1c1ccc(I)cc1. The molecule has 10 heteroatoms. The van der Waals surface area contributed by atoms with Crippen LogP contribution in [-0.4, -0.2) is 74.9 Å². The summed E-state index contributed by atoms with van der Waals surface area (Å²) in [6, 6.07) is 18.4. The summed E-state index contributed by atoms with van der Waals surface area (Å²) < 4.78 is 35.6. The molecule has 3 aromatic carbocycles. The molecule has 2 heterocycles. The second-order valence-electron chi connectivity index (χ2n) is 8.84. The number of nitrogens with zero attached hydrogens (tertiary/aromatic N) is 3. The number of sulfonamides is 1. The first-order valence-electron chi connectivity index (χ1n) is 11.8. The lowest BCUT2D eigenvalue weighted by Crippen LogP contribution is -2.49. The van der Waals surface area contributed by atoms with E-state index in [2.05, 4.69) is 27.5 Å². The molecule has 3 aromatic rings. The maximum Gasteiger partial charge on any atom is 0.252 e. The van der Waals surface area contributed by atoms with E-state index in [-0.39, 0.29) is 17.9 Å². The third-order valence-corrected chi connectivity index (χ3v) is 9.25. The lowest BCUT2D eigenvalue weighted by molar-refractivity contribution is -0.122. The summed E-state index contributed by atoms with van der Waals surface area (Å²) in [5.74, 6) is -0.927. The van der Waals surface area contributed by atoms with Crippen molar-refractivity contribution in [2.24, 2.45) is 0 Å². The van der Waals surface area contributed by atoms with E-state index >= 15 is 0 Å². The number of imide groups is 1. The number of fused-ring (bicyclic) bond motifs is 1. The van der Waals surface area contributed by atoms with Crippen molar-refractivity contribution in [2.75, 3.05) is 44.3 Å². The number of carbonyl (C=O) groups is 2. The number of rotatable bonds is 7. The van der Waals surface area contributed by atoms with Crippen molar-refractivity contribution in [3.8, 4) is 0 Å². The van der Waals surface area contributed by atoms with Gasteiger partial charge >= 0.3 is 0 Å². The van der Waals surface area contributed by atoms with Gasteiger partial charge in [0.25, 0.3) is 5.91 Å². The average molecular weight is 619 g/mol. The maximum atomic E-state index is 14.0. The van der Waals surface area contributed by atoms with Crippen molar-refractivity contribution in [3.63, 3.8) is 0 Å². The third-order valence-electron chi connectivity index (χ3n) is 6.62. The molecule has 8 nitrogen and oxygen atoms in total. The van der Waals surface area contributed by atoms with Gasteiger partial charge in [0.15, 0.2) is 0 Å². The number of ether oxygens (including phenoxy) is 1. The Labute approximate surface area is 224 Å². The predicted molar refractivity (Wildman–Crippen MR) is 145 cm³/mol. The summed E-state index contributed by atoms with van der Waals surface area (Å²) in [7, 11) is -4.07.